The third-order valence-corrected chi connectivity index (χ3v) is 7.52. The van der Waals surface area contributed by atoms with E-state index in [4.69, 9.17) is 16.3 Å². The van der Waals surface area contributed by atoms with Crippen LogP contribution >= 0.6 is 11.6 Å². The Morgan fingerprint density at radius 3 is 2.35 bits per heavy atom. The van der Waals surface area contributed by atoms with Crippen LogP contribution in [0.3, 0.4) is 0 Å². The lowest BCUT2D eigenvalue weighted by Gasteiger charge is -2.25. The van der Waals surface area contributed by atoms with Gasteiger partial charge in [-0.3, -0.25) is 9.10 Å². The Hall–Kier alpha value is -3.03. The molecule has 0 aromatic heterocycles. The molecule has 6 nitrogen and oxygen atoms in total. The molecule has 0 saturated heterocycles. The van der Waals surface area contributed by atoms with Crippen molar-refractivity contribution < 1.29 is 17.9 Å². The highest BCUT2D eigenvalue weighted by Crippen LogP contribution is 2.32. The van der Waals surface area contributed by atoms with Gasteiger partial charge >= 0.3 is 0 Å². The Kier molecular flexibility index (Phi) is 8.58. The van der Waals surface area contributed by atoms with Gasteiger partial charge in [-0.25, -0.2) is 8.42 Å². The van der Waals surface area contributed by atoms with Gasteiger partial charge in [0.2, 0.25) is 5.91 Å². The minimum absolute atomic E-state index is 0.0926. The van der Waals surface area contributed by atoms with Gasteiger partial charge < -0.3 is 10.1 Å². The molecule has 1 atom stereocenters. The van der Waals surface area contributed by atoms with E-state index in [0.717, 1.165) is 22.7 Å². The fourth-order valence-corrected chi connectivity index (χ4v) is 5.18. The number of sulfonamides is 1. The summed E-state index contributed by atoms with van der Waals surface area (Å²) in [5.74, 6) is 0.0141. The van der Waals surface area contributed by atoms with Crippen LogP contribution in [0.1, 0.15) is 24.5 Å². The van der Waals surface area contributed by atoms with Crippen LogP contribution in [0.25, 0.3) is 0 Å². The van der Waals surface area contributed by atoms with Crippen LogP contribution in [0.5, 0.6) is 5.75 Å². The fraction of sp³-hybridized carbons (Fsp3) is 0.269. The van der Waals surface area contributed by atoms with Gasteiger partial charge in [0.25, 0.3) is 10.0 Å². The molecular weight excluding hydrogens is 472 g/mol. The summed E-state index contributed by atoms with van der Waals surface area (Å²) in [5.41, 5.74) is 2.39. The summed E-state index contributed by atoms with van der Waals surface area (Å²) in [4.78, 5) is 13.0. The third kappa shape index (κ3) is 6.52. The molecular formula is C26H29ClN2O4S. The van der Waals surface area contributed by atoms with Crippen molar-refractivity contribution in [1.82, 2.24) is 5.32 Å². The molecule has 34 heavy (non-hydrogen) atoms. The van der Waals surface area contributed by atoms with Crippen molar-refractivity contribution in [2.75, 3.05) is 18.0 Å². The van der Waals surface area contributed by atoms with Crippen molar-refractivity contribution in [2.24, 2.45) is 0 Å². The van der Waals surface area contributed by atoms with Crippen molar-refractivity contribution in [3.05, 3.63) is 88.9 Å². The molecule has 0 heterocycles. The first-order valence-electron chi connectivity index (χ1n) is 11.0. The maximum absolute atomic E-state index is 13.5. The summed E-state index contributed by atoms with van der Waals surface area (Å²) in [6.07, 6.45) is 1.54. The monoisotopic (exact) mass is 500 g/mol. The highest BCUT2D eigenvalue weighted by atomic mass is 35.5. The first kappa shape index (κ1) is 25.6. The van der Waals surface area contributed by atoms with E-state index in [1.165, 1.54) is 30.9 Å². The molecule has 0 aliphatic heterocycles. The lowest BCUT2D eigenvalue weighted by molar-refractivity contribution is -0.120. The molecule has 0 saturated carbocycles. The number of amides is 1. The van der Waals surface area contributed by atoms with Crippen LogP contribution in [0.2, 0.25) is 5.02 Å². The Morgan fingerprint density at radius 2 is 1.74 bits per heavy atom. The van der Waals surface area contributed by atoms with E-state index in [9.17, 15) is 13.2 Å². The van der Waals surface area contributed by atoms with Gasteiger partial charge in [-0.05, 0) is 62.6 Å². The van der Waals surface area contributed by atoms with E-state index >= 15 is 0 Å². The average Bonchev–Trinajstić information content (AvgIpc) is 2.82. The fourth-order valence-electron chi connectivity index (χ4n) is 3.51. The van der Waals surface area contributed by atoms with E-state index in [1.807, 2.05) is 44.2 Å². The van der Waals surface area contributed by atoms with Crippen LogP contribution < -0.4 is 14.4 Å². The molecule has 3 rings (SSSR count). The van der Waals surface area contributed by atoms with Crippen LogP contribution in [0.4, 0.5) is 5.69 Å². The number of methoxy groups -OCH3 is 1. The molecule has 180 valence electrons. The SMILES string of the molecule is COc1ccc(N(CC(=O)N[C@@H](C)CCc2ccccc2)S(=O)(=O)c2ccc(C)cc2)cc1Cl. The predicted octanol–water partition coefficient (Wildman–Crippen LogP) is 4.99. The highest BCUT2D eigenvalue weighted by Gasteiger charge is 2.28. The van der Waals surface area contributed by atoms with Crippen LogP contribution in [-0.2, 0) is 21.2 Å². The molecule has 1 amide bonds. The minimum atomic E-state index is -4.02. The Labute approximate surface area is 206 Å². The first-order valence-corrected chi connectivity index (χ1v) is 12.8. The van der Waals surface area contributed by atoms with Crippen molar-refractivity contribution in [3.8, 4) is 5.75 Å². The molecule has 0 fully saturated rings. The third-order valence-electron chi connectivity index (χ3n) is 5.44. The van der Waals surface area contributed by atoms with Gasteiger partial charge in [-0.15, -0.1) is 0 Å². The number of nitrogens with one attached hydrogen (secondary N) is 1. The van der Waals surface area contributed by atoms with E-state index in [1.54, 1.807) is 24.3 Å². The van der Waals surface area contributed by atoms with Gasteiger partial charge in [-0.2, -0.15) is 0 Å². The van der Waals surface area contributed by atoms with Gasteiger partial charge in [-0.1, -0.05) is 59.6 Å². The second-order valence-electron chi connectivity index (χ2n) is 8.14. The number of benzene rings is 3. The molecule has 1 N–H and O–H groups in total. The lowest BCUT2D eigenvalue weighted by Crippen LogP contribution is -2.43. The maximum atomic E-state index is 13.5. The molecule has 0 unspecified atom stereocenters. The summed E-state index contributed by atoms with van der Waals surface area (Å²) in [5, 5.41) is 3.17. The van der Waals surface area contributed by atoms with Crippen molar-refractivity contribution >= 4 is 33.2 Å². The number of carbonyl (C=O) groups is 1. The zero-order valence-corrected chi connectivity index (χ0v) is 21.1. The molecule has 0 aliphatic carbocycles. The van der Waals surface area contributed by atoms with Crippen LogP contribution in [-0.4, -0.2) is 34.0 Å². The molecule has 0 radical (unpaired) electrons. The first-order chi connectivity index (χ1) is 16.2. The molecule has 0 spiro atoms. The number of aryl methyl sites for hydroxylation is 2. The zero-order valence-electron chi connectivity index (χ0n) is 19.5. The van der Waals surface area contributed by atoms with Crippen molar-refractivity contribution in [1.29, 1.82) is 0 Å². The topological polar surface area (TPSA) is 75.7 Å². The largest absolute Gasteiger partial charge is 0.495 e. The van der Waals surface area contributed by atoms with Gasteiger partial charge in [0.15, 0.2) is 0 Å². The Balaban J connectivity index is 1.81. The van der Waals surface area contributed by atoms with E-state index in [-0.39, 0.29) is 28.2 Å². The summed E-state index contributed by atoms with van der Waals surface area (Å²) < 4.78 is 33.3. The summed E-state index contributed by atoms with van der Waals surface area (Å²) in [7, 11) is -2.54. The summed E-state index contributed by atoms with van der Waals surface area (Å²) in [6.45, 7) is 3.40. The van der Waals surface area contributed by atoms with Crippen molar-refractivity contribution in [2.45, 2.75) is 37.6 Å². The minimum Gasteiger partial charge on any atom is -0.495 e. The molecule has 0 aliphatic rings. The summed E-state index contributed by atoms with van der Waals surface area (Å²) >= 11 is 6.26. The zero-order chi connectivity index (χ0) is 24.7. The van der Waals surface area contributed by atoms with Gasteiger partial charge in [0.05, 0.1) is 22.7 Å². The second kappa shape index (κ2) is 11.4. The lowest BCUT2D eigenvalue weighted by atomic mass is 10.1. The number of hydrogen-bond donors (Lipinski definition) is 1. The normalized spacial score (nSPS) is 12.1. The van der Waals surface area contributed by atoms with Crippen LogP contribution in [0.15, 0.2) is 77.7 Å². The number of ether oxygens (including phenoxy) is 1. The quantitative estimate of drug-likeness (QED) is 0.425. The maximum Gasteiger partial charge on any atom is 0.264 e. The Bertz CT molecular complexity index is 1220. The van der Waals surface area contributed by atoms with Crippen LogP contribution in [0, 0.1) is 6.92 Å². The molecule has 3 aromatic carbocycles. The predicted molar refractivity (Wildman–Crippen MR) is 136 cm³/mol. The molecule has 3 aromatic rings. The molecule has 0 bridgehead atoms. The number of carbonyl (C=O) groups excluding carboxylic acids is 1. The number of halogens is 1. The van der Waals surface area contributed by atoms with E-state index < -0.39 is 15.9 Å². The smallest absolute Gasteiger partial charge is 0.264 e. The number of hydrogen-bond acceptors (Lipinski definition) is 4. The highest BCUT2D eigenvalue weighted by molar-refractivity contribution is 7.92. The standard InChI is InChI=1S/C26H29ClN2O4S/c1-19-9-14-23(15-10-19)34(31,32)29(22-13-16-25(33-3)24(27)17-22)18-26(30)28-20(2)11-12-21-7-5-4-6-8-21/h4-10,13-17,20H,11-12,18H2,1-3H3,(H,28,30)/t20-/m0/s1. The summed E-state index contributed by atoms with van der Waals surface area (Å²) in [6, 6.07) is 21.0. The second-order valence-corrected chi connectivity index (χ2v) is 10.4. The van der Waals surface area contributed by atoms with E-state index in [0.29, 0.717) is 5.75 Å². The number of nitrogens with zero attached hydrogens (tertiary/aromatic N) is 1. The van der Waals surface area contributed by atoms with Gasteiger partial charge in [0.1, 0.15) is 12.3 Å². The Morgan fingerprint density at radius 1 is 1.06 bits per heavy atom. The number of anilines is 1. The van der Waals surface area contributed by atoms with E-state index in [2.05, 4.69) is 5.32 Å². The molecule has 8 heteroatoms. The van der Waals surface area contributed by atoms with Gasteiger partial charge in [0, 0.05) is 6.04 Å². The average molecular weight is 501 g/mol. The number of rotatable bonds is 10. The van der Waals surface area contributed by atoms with Crippen molar-refractivity contribution in [3.63, 3.8) is 0 Å².